The van der Waals surface area contributed by atoms with Crippen LogP contribution in [0.4, 0.5) is 10.5 Å². The van der Waals surface area contributed by atoms with Crippen LogP contribution in [-0.2, 0) is 4.74 Å². The number of ketones is 1. The molecule has 2 N–H and O–H groups in total. The molecule has 2 aromatic rings. The zero-order valence-electron chi connectivity index (χ0n) is 21.3. The maximum absolute atomic E-state index is 13.7. The van der Waals surface area contributed by atoms with Gasteiger partial charge in [0.15, 0.2) is 5.78 Å². The number of carbonyl (C=O) groups excluding carboxylic acids is 3. The highest BCUT2D eigenvalue weighted by atomic mass is 32.1. The van der Waals surface area contributed by atoms with Crippen molar-refractivity contribution in [3.05, 3.63) is 56.8 Å². The van der Waals surface area contributed by atoms with E-state index in [4.69, 9.17) is 4.74 Å². The van der Waals surface area contributed by atoms with Crippen molar-refractivity contribution in [2.75, 3.05) is 58.8 Å². The van der Waals surface area contributed by atoms with Crippen LogP contribution in [-0.4, -0.2) is 92.1 Å². The lowest BCUT2D eigenvalue weighted by molar-refractivity contribution is 0.0207. The molecule has 1 aliphatic carbocycles. The normalized spacial score (nSPS) is 22.8. The second-order valence-corrected chi connectivity index (χ2v) is 11.0. The van der Waals surface area contributed by atoms with Crippen LogP contribution in [0.2, 0.25) is 0 Å². The van der Waals surface area contributed by atoms with Crippen molar-refractivity contribution in [1.29, 1.82) is 0 Å². The molecular weight excluding hydrogens is 506 g/mol. The van der Waals surface area contributed by atoms with Gasteiger partial charge in [-0.15, -0.1) is 11.3 Å². The molecule has 0 bridgehead atoms. The van der Waals surface area contributed by atoms with Crippen LogP contribution in [0.15, 0.2) is 46.1 Å². The fourth-order valence-corrected chi connectivity index (χ4v) is 6.30. The Morgan fingerprint density at radius 2 is 1.95 bits per heavy atom. The number of ether oxygens (including phenoxy) is 1. The fourth-order valence-electron chi connectivity index (χ4n) is 5.33. The maximum atomic E-state index is 13.7. The highest BCUT2D eigenvalue weighted by Crippen LogP contribution is 2.49. The van der Waals surface area contributed by atoms with Crippen molar-refractivity contribution in [3.63, 3.8) is 0 Å². The first-order chi connectivity index (χ1) is 18.4. The first-order valence-electron chi connectivity index (χ1n) is 12.7. The fraction of sp³-hybridized carbons (Fsp3) is 0.423. The number of rotatable bonds is 5. The van der Waals surface area contributed by atoms with Crippen molar-refractivity contribution in [1.82, 2.24) is 20.2 Å². The standard InChI is InChI=1S/C26H29N7O4S/c1-31(2)15-8-9-32(14-15)25(35)19-7-6-18(38-19)23-21-22(28-29-23)16-4-3-5-17(20(16)24(21)34)27-26(36)30-33-10-12-37-13-11-33/h3-7,15,22H,8-14H2,1-2H3,(H2,27,30,36)/t15-,22?/m0/s1. The van der Waals surface area contributed by atoms with Gasteiger partial charge in [-0.05, 0) is 44.3 Å². The molecule has 11 nitrogen and oxygen atoms in total. The van der Waals surface area contributed by atoms with Crippen LogP contribution >= 0.6 is 11.3 Å². The van der Waals surface area contributed by atoms with Crippen molar-refractivity contribution < 1.29 is 19.1 Å². The predicted molar refractivity (Wildman–Crippen MR) is 142 cm³/mol. The van der Waals surface area contributed by atoms with E-state index in [1.54, 1.807) is 23.2 Å². The summed E-state index contributed by atoms with van der Waals surface area (Å²) < 4.78 is 5.31. The number of azo groups is 1. The third kappa shape index (κ3) is 4.43. The van der Waals surface area contributed by atoms with E-state index in [9.17, 15) is 14.4 Å². The predicted octanol–water partition coefficient (Wildman–Crippen LogP) is 3.01. The molecule has 198 valence electrons. The molecule has 38 heavy (non-hydrogen) atoms. The number of hydrogen-bond acceptors (Lipinski definition) is 9. The number of urea groups is 1. The molecule has 12 heteroatoms. The van der Waals surface area contributed by atoms with Gasteiger partial charge in [0.1, 0.15) is 11.7 Å². The van der Waals surface area contributed by atoms with E-state index in [0.29, 0.717) is 71.9 Å². The Bertz CT molecular complexity index is 1360. The summed E-state index contributed by atoms with van der Waals surface area (Å²) in [5, 5.41) is 13.4. The van der Waals surface area contributed by atoms with E-state index < -0.39 is 12.1 Å². The van der Waals surface area contributed by atoms with E-state index in [2.05, 4.69) is 25.9 Å². The van der Waals surface area contributed by atoms with Gasteiger partial charge in [0.05, 0.1) is 39.8 Å². The average Bonchev–Trinajstić information content (AvgIpc) is 3.70. The van der Waals surface area contributed by atoms with Gasteiger partial charge in [0.25, 0.3) is 5.91 Å². The minimum Gasteiger partial charge on any atom is -0.379 e. The van der Waals surface area contributed by atoms with Crippen LogP contribution in [0.3, 0.4) is 0 Å². The molecule has 6 rings (SSSR count). The highest BCUT2D eigenvalue weighted by Gasteiger charge is 2.43. The van der Waals surface area contributed by atoms with E-state index >= 15 is 0 Å². The Labute approximate surface area is 224 Å². The van der Waals surface area contributed by atoms with E-state index in [0.717, 1.165) is 17.8 Å². The second kappa shape index (κ2) is 10.0. The van der Waals surface area contributed by atoms with Crippen molar-refractivity contribution >= 4 is 40.4 Å². The summed E-state index contributed by atoms with van der Waals surface area (Å²) in [5.74, 6) is -0.205. The van der Waals surface area contributed by atoms with Crippen molar-refractivity contribution in [2.45, 2.75) is 18.5 Å². The Hall–Kier alpha value is -3.45. The van der Waals surface area contributed by atoms with Crippen LogP contribution in [0.1, 0.15) is 42.9 Å². The third-order valence-corrected chi connectivity index (χ3v) is 8.49. The first-order valence-corrected chi connectivity index (χ1v) is 13.5. The monoisotopic (exact) mass is 535 g/mol. The van der Waals surface area contributed by atoms with E-state index in [1.807, 2.05) is 31.1 Å². The molecule has 1 aromatic heterocycles. The van der Waals surface area contributed by atoms with E-state index in [-0.39, 0.29) is 11.7 Å². The summed E-state index contributed by atoms with van der Waals surface area (Å²) in [4.78, 5) is 44.8. The Kier molecular flexibility index (Phi) is 6.56. The van der Waals surface area contributed by atoms with Gasteiger partial charge in [-0.3, -0.25) is 15.0 Å². The summed E-state index contributed by atoms with van der Waals surface area (Å²) in [6.45, 7) is 3.72. The number of morpholine rings is 1. The topological polar surface area (TPSA) is 119 Å². The van der Waals surface area contributed by atoms with Gasteiger partial charge in [-0.25, -0.2) is 9.80 Å². The average molecular weight is 536 g/mol. The minimum absolute atomic E-state index is 0.00138. The van der Waals surface area contributed by atoms with Crippen LogP contribution in [0.25, 0.3) is 5.70 Å². The van der Waals surface area contributed by atoms with Gasteiger partial charge < -0.3 is 19.9 Å². The number of hydrazine groups is 1. The quantitative estimate of drug-likeness (QED) is 0.608. The van der Waals surface area contributed by atoms with Crippen molar-refractivity contribution in [2.24, 2.45) is 10.2 Å². The first kappa shape index (κ1) is 24.9. The lowest BCUT2D eigenvalue weighted by atomic mass is 10.1. The number of fused-ring (bicyclic) bond motifs is 3. The summed E-state index contributed by atoms with van der Waals surface area (Å²) in [6.07, 6.45) is 0.954. The highest BCUT2D eigenvalue weighted by molar-refractivity contribution is 7.15. The van der Waals surface area contributed by atoms with Crippen LogP contribution in [0.5, 0.6) is 0 Å². The number of likely N-dealkylation sites (N-methyl/N-ethyl adjacent to an activating group) is 1. The lowest BCUT2D eigenvalue weighted by Gasteiger charge is -2.27. The Morgan fingerprint density at radius 1 is 1.13 bits per heavy atom. The summed E-state index contributed by atoms with van der Waals surface area (Å²) in [7, 11) is 4.07. The number of benzene rings is 1. The second-order valence-electron chi connectivity index (χ2n) is 9.97. The minimum atomic E-state index is -0.516. The Balaban J connectivity index is 1.22. The van der Waals surface area contributed by atoms with Gasteiger partial charge >= 0.3 is 6.03 Å². The third-order valence-electron chi connectivity index (χ3n) is 7.41. The molecule has 4 heterocycles. The van der Waals surface area contributed by atoms with Gasteiger partial charge in [0.2, 0.25) is 0 Å². The zero-order valence-corrected chi connectivity index (χ0v) is 22.1. The molecule has 3 aliphatic heterocycles. The van der Waals surface area contributed by atoms with Crippen LogP contribution < -0.4 is 10.7 Å². The smallest absolute Gasteiger partial charge is 0.333 e. The van der Waals surface area contributed by atoms with Gasteiger partial charge in [0, 0.05) is 32.2 Å². The van der Waals surface area contributed by atoms with E-state index in [1.165, 1.54) is 11.3 Å². The lowest BCUT2D eigenvalue weighted by Crippen LogP contribution is -2.49. The number of nitrogens with zero attached hydrogens (tertiary/aromatic N) is 5. The molecule has 4 aliphatic rings. The largest absolute Gasteiger partial charge is 0.379 e. The number of thiophene rings is 1. The van der Waals surface area contributed by atoms with Gasteiger partial charge in [-0.1, -0.05) is 12.1 Å². The summed E-state index contributed by atoms with van der Waals surface area (Å²) in [6, 6.07) is 8.43. The molecular formula is C26H29N7O4S. The van der Waals surface area contributed by atoms with Crippen molar-refractivity contribution in [3.8, 4) is 0 Å². The molecule has 1 aromatic carbocycles. The summed E-state index contributed by atoms with van der Waals surface area (Å²) >= 11 is 1.33. The number of carbonyl (C=O) groups is 3. The summed E-state index contributed by atoms with van der Waals surface area (Å²) in [5.41, 5.74) is 5.36. The zero-order chi connectivity index (χ0) is 26.4. The number of amides is 3. The number of likely N-dealkylation sites (tertiary alicyclic amines) is 1. The molecule has 2 atom stereocenters. The number of hydrogen-bond donors (Lipinski definition) is 2. The Morgan fingerprint density at radius 3 is 2.71 bits per heavy atom. The molecule has 3 amide bonds. The SMILES string of the molecule is CN(C)[C@H]1CCN(C(=O)c2ccc(C3=C4C(=O)c5c(NC(=O)NN6CCOCC6)cccc5C4N=N3)s2)C1. The molecule has 0 radical (unpaired) electrons. The maximum Gasteiger partial charge on any atom is 0.333 e. The number of nitrogens with one attached hydrogen (secondary N) is 2. The van der Waals surface area contributed by atoms with Crippen LogP contribution in [0, 0.1) is 0 Å². The molecule has 1 unspecified atom stereocenters. The molecule has 0 spiro atoms. The molecule has 2 fully saturated rings. The molecule has 2 saturated heterocycles. The number of Topliss-reactive ketones (excluding diaryl/α,β-unsaturated/α-hetero) is 1. The molecule has 0 saturated carbocycles. The van der Waals surface area contributed by atoms with Gasteiger partial charge in [-0.2, -0.15) is 10.2 Å². The number of anilines is 1.